The van der Waals surface area contributed by atoms with E-state index in [-0.39, 0.29) is 17.6 Å². The standard InChI is InChI=1S/C16H23N3O3/c1-10-6-4-5-7-13(10)19-15(20)12(3)22-16(21)14-9-17-11(2)8-18-14/h8-10,12-13H,4-7H2,1-3H3,(H,19,20)/t10-,12+,13+/m0/s1. The van der Waals surface area contributed by atoms with Crippen molar-refractivity contribution >= 4 is 11.9 Å². The highest BCUT2D eigenvalue weighted by molar-refractivity contribution is 5.90. The molecular formula is C16H23N3O3. The molecule has 1 aliphatic rings. The summed E-state index contributed by atoms with van der Waals surface area (Å²) in [4.78, 5) is 32.0. The Labute approximate surface area is 130 Å². The number of hydrogen-bond donors (Lipinski definition) is 1. The van der Waals surface area contributed by atoms with E-state index in [0.29, 0.717) is 11.6 Å². The maximum absolute atomic E-state index is 12.2. The number of ether oxygens (including phenoxy) is 1. The van der Waals surface area contributed by atoms with Crippen molar-refractivity contribution < 1.29 is 14.3 Å². The summed E-state index contributed by atoms with van der Waals surface area (Å²) in [5.41, 5.74) is 0.824. The zero-order chi connectivity index (χ0) is 16.1. The molecule has 1 aliphatic carbocycles. The summed E-state index contributed by atoms with van der Waals surface area (Å²) in [6.45, 7) is 5.49. The van der Waals surface area contributed by atoms with E-state index in [1.807, 2.05) is 0 Å². The van der Waals surface area contributed by atoms with E-state index in [2.05, 4.69) is 22.2 Å². The van der Waals surface area contributed by atoms with Crippen LogP contribution < -0.4 is 5.32 Å². The average molecular weight is 305 g/mol. The third-order valence-corrected chi connectivity index (χ3v) is 4.08. The maximum atomic E-state index is 12.2. The summed E-state index contributed by atoms with van der Waals surface area (Å²) in [5, 5.41) is 2.98. The van der Waals surface area contributed by atoms with Crippen molar-refractivity contribution in [3.05, 3.63) is 23.8 Å². The Kier molecular flexibility index (Phi) is 5.46. The molecule has 0 saturated heterocycles. The van der Waals surface area contributed by atoms with Gasteiger partial charge in [-0.3, -0.25) is 9.78 Å². The van der Waals surface area contributed by atoms with Gasteiger partial charge in [-0.05, 0) is 32.6 Å². The number of carbonyl (C=O) groups is 2. The van der Waals surface area contributed by atoms with Gasteiger partial charge in [0.25, 0.3) is 5.91 Å². The van der Waals surface area contributed by atoms with Crippen LogP contribution in [-0.2, 0) is 9.53 Å². The molecule has 1 saturated carbocycles. The van der Waals surface area contributed by atoms with Gasteiger partial charge in [-0.15, -0.1) is 0 Å². The molecule has 6 heteroatoms. The molecule has 1 aromatic rings. The zero-order valence-corrected chi connectivity index (χ0v) is 13.3. The molecular weight excluding hydrogens is 282 g/mol. The second-order valence-electron chi connectivity index (χ2n) is 5.97. The minimum absolute atomic E-state index is 0.108. The van der Waals surface area contributed by atoms with Gasteiger partial charge in [-0.25, -0.2) is 9.78 Å². The van der Waals surface area contributed by atoms with Crippen LogP contribution in [0.2, 0.25) is 0 Å². The number of esters is 1. The molecule has 3 atom stereocenters. The smallest absolute Gasteiger partial charge is 0.359 e. The summed E-state index contributed by atoms with van der Waals surface area (Å²) in [6.07, 6.45) is 6.45. The van der Waals surface area contributed by atoms with Gasteiger partial charge in [-0.1, -0.05) is 19.8 Å². The van der Waals surface area contributed by atoms with E-state index in [1.165, 1.54) is 18.8 Å². The minimum atomic E-state index is -0.843. The van der Waals surface area contributed by atoms with Crippen molar-refractivity contribution in [2.75, 3.05) is 0 Å². The molecule has 6 nitrogen and oxygen atoms in total. The predicted octanol–water partition coefficient (Wildman–Crippen LogP) is 2.03. The van der Waals surface area contributed by atoms with Gasteiger partial charge in [0.2, 0.25) is 0 Å². The lowest BCUT2D eigenvalue weighted by molar-refractivity contribution is -0.130. The number of rotatable bonds is 4. The van der Waals surface area contributed by atoms with Crippen LogP contribution in [-0.4, -0.2) is 34.0 Å². The monoisotopic (exact) mass is 305 g/mol. The second kappa shape index (κ2) is 7.33. The molecule has 22 heavy (non-hydrogen) atoms. The zero-order valence-electron chi connectivity index (χ0n) is 13.3. The SMILES string of the molecule is Cc1cnc(C(=O)O[C@H](C)C(=O)N[C@@H]2CCCC[C@@H]2C)cn1. The first-order valence-corrected chi connectivity index (χ1v) is 7.77. The van der Waals surface area contributed by atoms with E-state index in [9.17, 15) is 9.59 Å². The van der Waals surface area contributed by atoms with Crippen molar-refractivity contribution in [2.45, 2.75) is 58.6 Å². The minimum Gasteiger partial charge on any atom is -0.448 e. The van der Waals surface area contributed by atoms with Crippen LogP contribution in [0, 0.1) is 12.8 Å². The van der Waals surface area contributed by atoms with Crippen LogP contribution in [0.15, 0.2) is 12.4 Å². The number of carbonyl (C=O) groups excluding carboxylic acids is 2. The van der Waals surface area contributed by atoms with E-state index >= 15 is 0 Å². The number of aromatic nitrogens is 2. The first kappa shape index (κ1) is 16.4. The molecule has 1 fully saturated rings. The van der Waals surface area contributed by atoms with Gasteiger partial charge in [0.1, 0.15) is 0 Å². The van der Waals surface area contributed by atoms with Crippen molar-refractivity contribution in [2.24, 2.45) is 5.92 Å². The Morgan fingerprint density at radius 3 is 2.64 bits per heavy atom. The highest BCUT2D eigenvalue weighted by atomic mass is 16.5. The van der Waals surface area contributed by atoms with Crippen LogP contribution in [0.3, 0.4) is 0 Å². The Morgan fingerprint density at radius 1 is 1.27 bits per heavy atom. The van der Waals surface area contributed by atoms with E-state index in [1.54, 1.807) is 13.8 Å². The number of amides is 1. The summed E-state index contributed by atoms with van der Waals surface area (Å²) in [7, 11) is 0. The molecule has 1 N–H and O–H groups in total. The molecule has 2 rings (SSSR count). The first-order chi connectivity index (χ1) is 10.5. The van der Waals surface area contributed by atoms with Gasteiger partial charge < -0.3 is 10.1 Å². The molecule has 0 spiro atoms. The highest BCUT2D eigenvalue weighted by Crippen LogP contribution is 2.23. The average Bonchev–Trinajstić information content (AvgIpc) is 2.50. The summed E-state index contributed by atoms with van der Waals surface area (Å²) in [6, 6.07) is 0.168. The fourth-order valence-electron chi connectivity index (χ4n) is 2.60. The summed E-state index contributed by atoms with van der Waals surface area (Å²) in [5.74, 6) is -0.428. The first-order valence-electron chi connectivity index (χ1n) is 7.77. The Morgan fingerprint density at radius 2 is 2.00 bits per heavy atom. The lowest BCUT2D eigenvalue weighted by Crippen LogP contribution is -2.46. The van der Waals surface area contributed by atoms with Crippen LogP contribution in [0.1, 0.15) is 55.7 Å². The largest absolute Gasteiger partial charge is 0.448 e. The van der Waals surface area contributed by atoms with Gasteiger partial charge in [-0.2, -0.15) is 0 Å². The molecule has 120 valence electrons. The van der Waals surface area contributed by atoms with Crippen LogP contribution >= 0.6 is 0 Å². The molecule has 1 amide bonds. The summed E-state index contributed by atoms with van der Waals surface area (Å²) >= 11 is 0. The van der Waals surface area contributed by atoms with Crippen molar-refractivity contribution in [1.29, 1.82) is 0 Å². The molecule has 0 unspecified atom stereocenters. The van der Waals surface area contributed by atoms with E-state index in [0.717, 1.165) is 19.3 Å². The number of hydrogen-bond acceptors (Lipinski definition) is 5. The van der Waals surface area contributed by atoms with Crippen LogP contribution in [0.5, 0.6) is 0 Å². The topological polar surface area (TPSA) is 81.2 Å². The Bertz CT molecular complexity index is 530. The molecule has 0 bridgehead atoms. The van der Waals surface area contributed by atoms with Gasteiger partial charge in [0.15, 0.2) is 11.8 Å². The number of nitrogens with zero attached hydrogens (tertiary/aromatic N) is 2. The predicted molar refractivity (Wildman–Crippen MR) is 81.2 cm³/mol. The number of aryl methyl sites for hydroxylation is 1. The fraction of sp³-hybridized carbons (Fsp3) is 0.625. The Balaban J connectivity index is 1.87. The lowest BCUT2D eigenvalue weighted by atomic mass is 9.86. The normalized spacial score (nSPS) is 22.7. The van der Waals surface area contributed by atoms with Crippen molar-refractivity contribution in [1.82, 2.24) is 15.3 Å². The third-order valence-electron chi connectivity index (χ3n) is 4.08. The van der Waals surface area contributed by atoms with Crippen molar-refractivity contribution in [3.8, 4) is 0 Å². The van der Waals surface area contributed by atoms with E-state index < -0.39 is 12.1 Å². The number of nitrogens with one attached hydrogen (secondary N) is 1. The van der Waals surface area contributed by atoms with Gasteiger partial charge in [0.05, 0.1) is 11.9 Å². The van der Waals surface area contributed by atoms with Gasteiger partial charge >= 0.3 is 5.97 Å². The fourth-order valence-corrected chi connectivity index (χ4v) is 2.60. The van der Waals surface area contributed by atoms with Crippen molar-refractivity contribution in [3.63, 3.8) is 0 Å². The van der Waals surface area contributed by atoms with Crippen LogP contribution in [0.4, 0.5) is 0 Å². The molecule has 0 aromatic carbocycles. The third kappa shape index (κ3) is 4.26. The Hall–Kier alpha value is -1.98. The van der Waals surface area contributed by atoms with E-state index in [4.69, 9.17) is 4.74 Å². The second-order valence-corrected chi connectivity index (χ2v) is 5.97. The summed E-state index contributed by atoms with van der Waals surface area (Å²) < 4.78 is 5.16. The molecule has 1 heterocycles. The lowest BCUT2D eigenvalue weighted by Gasteiger charge is -2.30. The maximum Gasteiger partial charge on any atom is 0.359 e. The molecule has 1 aromatic heterocycles. The quantitative estimate of drug-likeness (QED) is 0.861. The highest BCUT2D eigenvalue weighted by Gasteiger charge is 2.26. The molecule has 0 aliphatic heterocycles. The molecule has 0 radical (unpaired) electrons. The van der Waals surface area contributed by atoms with Gasteiger partial charge in [0, 0.05) is 12.2 Å². The van der Waals surface area contributed by atoms with Crippen LogP contribution in [0.25, 0.3) is 0 Å².